The standard InChI is InChI=1S/C15H11ClN4S/c16-13-2-1-3-14(15(13)20-7-6-18-10-20)19-9-12-5-4-11(8-17)21-12/h1-7,10,19H,9H2. The number of nitrogens with zero attached hydrogens (tertiary/aromatic N) is 3. The van der Waals surface area contributed by atoms with Gasteiger partial charge in [-0.15, -0.1) is 11.3 Å². The molecule has 0 spiro atoms. The number of rotatable bonds is 4. The molecule has 1 N–H and O–H groups in total. The highest BCUT2D eigenvalue weighted by Gasteiger charge is 2.09. The van der Waals surface area contributed by atoms with E-state index in [2.05, 4.69) is 16.4 Å². The number of hydrogen-bond donors (Lipinski definition) is 1. The predicted octanol–water partition coefficient (Wildman–Crippen LogP) is 4.07. The second-order valence-corrected chi connectivity index (χ2v) is 5.91. The second-order valence-electron chi connectivity index (χ2n) is 4.34. The summed E-state index contributed by atoms with van der Waals surface area (Å²) < 4.78 is 1.87. The second kappa shape index (κ2) is 6.00. The van der Waals surface area contributed by atoms with E-state index in [4.69, 9.17) is 16.9 Å². The Hall–Kier alpha value is -2.29. The largest absolute Gasteiger partial charge is 0.378 e. The lowest BCUT2D eigenvalue weighted by molar-refractivity contribution is 1.05. The minimum atomic E-state index is 0.647. The number of halogens is 1. The number of thiophene rings is 1. The molecule has 1 aromatic carbocycles. The minimum absolute atomic E-state index is 0.647. The Morgan fingerprint density at radius 1 is 1.33 bits per heavy atom. The molecule has 21 heavy (non-hydrogen) atoms. The van der Waals surface area contributed by atoms with Gasteiger partial charge in [0.1, 0.15) is 10.9 Å². The summed E-state index contributed by atoms with van der Waals surface area (Å²) in [5, 5.41) is 12.9. The van der Waals surface area contributed by atoms with Crippen molar-refractivity contribution < 1.29 is 0 Å². The minimum Gasteiger partial charge on any atom is -0.378 e. The van der Waals surface area contributed by atoms with Crippen molar-refractivity contribution in [2.75, 3.05) is 5.32 Å². The van der Waals surface area contributed by atoms with Crippen molar-refractivity contribution in [3.63, 3.8) is 0 Å². The zero-order chi connectivity index (χ0) is 14.7. The fourth-order valence-electron chi connectivity index (χ4n) is 2.03. The van der Waals surface area contributed by atoms with E-state index in [0.717, 1.165) is 16.3 Å². The highest BCUT2D eigenvalue weighted by Crippen LogP contribution is 2.29. The third-order valence-corrected chi connectivity index (χ3v) is 4.27. The zero-order valence-electron chi connectivity index (χ0n) is 11.0. The summed E-state index contributed by atoms with van der Waals surface area (Å²) in [4.78, 5) is 5.87. The highest BCUT2D eigenvalue weighted by molar-refractivity contribution is 7.12. The molecule has 2 heterocycles. The van der Waals surface area contributed by atoms with Crippen molar-refractivity contribution in [1.82, 2.24) is 9.55 Å². The molecule has 0 saturated heterocycles. The SMILES string of the molecule is N#Cc1ccc(CNc2cccc(Cl)c2-n2ccnc2)s1. The molecule has 0 aliphatic rings. The normalized spacial score (nSPS) is 10.3. The van der Waals surface area contributed by atoms with Crippen LogP contribution in [0.4, 0.5) is 5.69 Å². The van der Waals surface area contributed by atoms with Gasteiger partial charge in [0.25, 0.3) is 0 Å². The molecular formula is C15H11ClN4S. The highest BCUT2D eigenvalue weighted by atomic mass is 35.5. The lowest BCUT2D eigenvalue weighted by atomic mass is 10.2. The average Bonchev–Trinajstić information content (AvgIpc) is 3.16. The van der Waals surface area contributed by atoms with Crippen molar-refractivity contribution in [3.05, 3.63) is 63.8 Å². The Morgan fingerprint density at radius 3 is 2.95 bits per heavy atom. The molecule has 0 atom stereocenters. The van der Waals surface area contributed by atoms with Crippen LogP contribution in [0.2, 0.25) is 5.02 Å². The van der Waals surface area contributed by atoms with E-state index in [0.29, 0.717) is 16.4 Å². The summed E-state index contributed by atoms with van der Waals surface area (Å²) in [6.07, 6.45) is 5.28. The Bertz CT molecular complexity index is 786. The summed E-state index contributed by atoms with van der Waals surface area (Å²) in [7, 11) is 0. The summed E-state index contributed by atoms with van der Waals surface area (Å²) in [6.45, 7) is 0.647. The predicted molar refractivity (Wildman–Crippen MR) is 84.9 cm³/mol. The van der Waals surface area contributed by atoms with E-state index < -0.39 is 0 Å². The number of nitrogens with one attached hydrogen (secondary N) is 1. The van der Waals surface area contributed by atoms with Crippen LogP contribution in [-0.4, -0.2) is 9.55 Å². The quantitative estimate of drug-likeness (QED) is 0.789. The third-order valence-electron chi connectivity index (χ3n) is 2.97. The van der Waals surface area contributed by atoms with Crippen LogP contribution < -0.4 is 5.32 Å². The number of benzene rings is 1. The maximum Gasteiger partial charge on any atom is 0.110 e. The van der Waals surface area contributed by atoms with Gasteiger partial charge < -0.3 is 9.88 Å². The number of nitriles is 1. The van der Waals surface area contributed by atoms with Crippen molar-refractivity contribution in [3.8, 4) is 11.8 Å². The van der Waals surface area contributed by atoms with Gasteiger partial charge in [0.2, 0.25) is 0 Å². The van der Waals surface area contributed by atoms with E-state index in [1.807, 2.05) is 41.1 Å². The number of hydrogen-bond acceptors (Lipinski definition) is 4. The first-order valence-electron chi connectivity index (χ1n) is 6.27. The van der Waals surface area contributed by atoms with Gasteiger partial charge in [-0.25, -0.2) is 4.98 Å². The molecule has 0 radical (unpaired) electrons. The molecule has 3 aromatic rings. The van der Waals surface area contributed by atoms with Crippen LogP contribution in [0.5, 0.6) is 0 Å². The van der Waals surface area contributed by atoms with Crippen LogP contribution in [0.3, 0.4) is 0 Å². The first-order valence-corrected chi connectivity index (χ1v) is 7.47. The average molecular weight is 315 g/mol. The smallest absolute Gasteiger partial charge is 0.110 e. The number of para-hydroxylation sites is 1. The molecule has 0 aliphatic heterocycles. The lowest BCUT2D eigenvalue weighted by Crippen LogP contribution is -2.03. The Balaban J connectivity index is 1.86. The first-order chi connectivity index (χ1) is 10.3. The van der Waals surface area contributed by atoms with Crippen molar-refractivity contribution >= 4 is 28.6 Å². The van der Waals surface area contributed by atoms with Gasteiger partial charge >= 0.3 is 0 Å². The molecule has 0 unspecified atom stereocenters. The number of anilines is 1. The summed E-state index contributed by atoms with van der Waals surface area (Å²) >= 11 is 7.78. The maximum absolute atomic E-state index is 8.85. The third kappa shape index (κ3) is 2.92. The van der Waals surface area contributed by atoms with Gasteiger partial charge in [-0.1, -0.05) is 17.7 Å². The zero-order valence-corrected chi connectivity index (χ0v) is 12.5. The monoisotopic (exact) mass is 314 g/mol. The summed E-state index contributed by atoms with van der Waals surface area (Å²) in [5.41, 5.74) is 1.79. The van der Waals surface area contributed by atoms with Gasteiger partial charge in [-0.05, 0) is 24.3 Å². The lowest BCUT2D eigenvalue weighted by Gasteiger charge is -2.13. The van der Waals surface area contributed by atoms with Gasteiger partial charge in [-0.3, -0.25) is 0 Å². The van der Waals surface area contributed by atoms with Crippen LogP contribution in [0.15, 0.2) is 49.1 Å². The van der Waals surface area contributed by atoms with Crippen LogP contribution >= 0.6 is 22.9 Å². The maximum atomic E-state index is 8.85. The fourth-order valence-corrected chi connectivity index (χ4v) is 3.04. The Labute approximate surface area is 131 Å². The van der Waals surface area contributed by atoms with Crippen molar-refractivity contribution in [2.24, 2.45) is 0 Å². The molecule has 104 valence electrons. The van der Waals surface area contributed by atoms with Crippen LogP contribution in [0, 0.1) is 11.3 Å². The molecule has 0 amide bonds. The van der Waals surface area contributed by atoms with Gasteiger partial charge in [-0.2, -0.15) is 5.26 Å². The van der Waals surface area contributed by atoms with E-state index in [1.165, 1.54) is 11.3 Å². The molecule has 3 rings (SSSR count). The van der Waals surface area contributed by atoms with E-state index in [9.17, 15) is 0 Å². The molecule has 6 heteroatoms. The topological polar surface area (TPSA) is 53.6 Å². The number of imidazole rings is 1. The van der Waals surface area contributed by atoms with Crippen molar-refractivity contribution in [1.29, 1.82) is 5.26 Å². The first kappa shape index (κ1) is 13.7. The Morgan fingerprint density at radius 2 is 2.24 bits per heavy atom. The molecular weight excluding hydrogens is 304 g/mol. The molecule has 2 aromatic heterocycles. The molecule has 0 fully saturated rings. The summed E-state index contributed by atoms with van der Waals surface area (Å²) in [6, 6.07) is 11.7. The van der Waals surface area contributed by atoms with Crippen molar-refractivity contribution in [2.45, 2.75) is 6.54 Å². The van der Waals surface area contributed by atoms with Crippen LogP contribution in [0.1, 0.15) is 9.75 Å². The van der Waals surface area contributed by atoms with Crippen LogP contribution in [0.25, 0.3) is 5.69 Å². The van der Waals surface area contributed by atoms with Gasteiger partial charge in [0.05, 0.1) is 22.7 Å². The fraction of sp³-hybridized carbons (Fsp3) is 0.0667. The molecule has 0 saturated carbocycles. The molecule has 0 aliphatic carbocycles. The van der Waals surface area contributed by atoms with Gasteiger partial charge in [0, 0.05) is 23.8 Å². The van der Waals surface area contributed by atoms with E-state index >= 15 is 0 Å². The summed E-state index contributed by atoms with van der Waals surface area (Å²) in [5.74, 6) is 0. The van der Waals surface area contributed by atoms with Crippen LogP contribution in [-0.2, 0) is 6.54 Å². The number of aromatic nitrogens is 2. The Kier molecular flexibility index (Phi) is 3.91. The van der Waals surface area contributed by atoms with Gasteiger partial charge in [0.15, 0.2) is 0 Å². The van der Waals surface area contributed by atoms with E-state index in [-0.39, 0.29) is 0 Å². The van der Waals surface area contributed by atoms with E-state index in [1.54, 1.807) is 12.5 Å². The molecule has 4 nitrogen and oxygen atoms in total. The molecule has 0 bridgehead atoms.